The number of carbonyl (C=O) groups is 2. The predicted octanol–water partition coefficient (Wildman–Crippen LogP) is 4.63. The van der Waals surface area contributed by atoms with Crippen molar-refractivity contribution in [1.29, 1.82) is 0 Å². The lowest BCUT2D eigenvalue weighted by molar-refractivity contribution is -0.131. The molecule has 0 aliphatic heterocycles. The minimum atomic E-state index is -0.452. The average molecular weight is 336 g/mol. The minimum Gasteiger partial charge on any atom is -0.423 e. The van der Waals surface area contributed by atoms with Crippen LogP contribution >= 0.6 is 0 Å². The van der Waals surface area contributed by atoms with Crippen LogP contribution in [0.3, 0.4) is 0 Å². The van der Waals surface area contributed by atoms with E-state index in [1.54, 1.807) is 32.0 Å². The molecule has 0 atom stereocenters. The molecule has 0 saturated carbocycles. The Kier molecular flexibility index (Phi) is 5.55. The summed E-state index contributed by atoms with van der Waals surface area (Å²) in [6, 6.07) is 12.7. The standard InChI is InChI=1S/C21H20O4/c1-13(2)20(22)24-18-9-6-16(7-10-18)17-8-11-19(15(5)12-17)25-21(23)14(3)4/h6-12H,1,3H2,2,4-5H3. The van der Waals surface area contributed by atoms with Gasteiger partial charge in [-0.15, -0.1) is 0 Å². The monoisotopic (exact) mass is 336 g/mol. The van der Waals surface area contributed by atoms with Gasteiger partial charge in [-0.1, -0.05) is 31.4 Å². The maximum absolute atomic E-state index is 11.6. The number of rotatable bonds is 5. The SMILES string of the molecule is C=C(C)C(=O)Oc1ccc(-c2ccc(OC(=O)C(=C)C)c(C)c2)cc1. The largest absolute Gasteiger partial charge is 0.423 e. The third-order valence-corrected chi connectivity index (χ3v) is 3.47. The van der Waals surface area contributed by atoms with Crippen LogP contribution in [0.15, 0.2) is 66.8 Å². The predicted molar refractivity (Wildman–Crippen MR) is 97.5 cm³/mol. The molecule has 4 nitrogen and oxygen atoms in total. The molecule has 0 unspecified atom stereocenters. The maximum atomic E-state index is 11.6. The summed E-state index contributed by atoms with van der Waals surface area (Å²) in [4.78, 5) is 23.1. The Hall–Kier alpha value is -3.14. The molecule has 0 fully saturated rings. The molecular weight excluding hydrogens is 316 g/mol. The smallest absolute Gasteiger partial charge is 0.338 e. The van der Waals surface area contributed by atoms with E-state index in [2.05, 4.69) is 13.2 Å². The van der Waals surface area contributed by atoms with Crippen molar-refractivity contribution in [2.24, 2.45) is 0 Å². The highest BCUT2D eigenvalue weighted by Gasteiger charge is 2.10. The number of esters is 2. The summed E-state index contributed by atoms with van der Waals surface area (Å²) in [5.74, 6) is 0.0658. The summed E-state index contributed by atoms with van der Waals surface area (Å²) >= 11 is 0. The van der Waals surface area contributed by atoms with Gasteiger partial charge in [-0.3, -0.25) is 0 Å². The second kappa shape index (κ2) is 7.62. The zero-order valence-corrected chi connectivity index (χ0v) is 14.6. The number of ether oxygens (including phenoxy) is 2. The van der Waals surface area contributed by atoms with Gasteiger partial charge >= 0.3 is 11.9 Å². The molecule has 0 aliphatic rings. The van der Waals surface area contributed by atoms with Crippen LogP contribution in [-0.2, 0) is 9.59 Å². The highest BCUT2D eigenvalue weighted by Crippen LogP contribution is 2.28. The van der Waals surface area contributed by atoms with Gasteiger partial charge in [0.25, 0.3) is 0 Å². The summed E-state index contributed by atoms with van der Waals surface area (Å²) in [5.41, 5.74) is 3.45. The molecule has 0 aliphatic carbocycles. The quantitative estimate of drug-likeness (QED) is 0.454. The van der Waals surface area contributed by atoms with E-state index in [0.717, 1.165) is 16.7 Å². The zero-order valence-electron chi connectivity index (χ0n) is 14.6. The topological polar surface area (TPSA) is 52.6 Å². The average Bonchev–Trinajstić information content (AvgIpc) is 2.57. The summed E-state index contributed by atoms with van der Waals surface area (Å²) in [6.07, 6.45) is 0. The van der Waals surface area contributed by atoms with Gasteiger partial charge in [-0.2, -0.15) is 0 Å². The van der Waals surface area contributed by atoms with Crippen LogP contribution in [-0.4, -0.2) is 11.9 Å². The van der Waals surface area contributed by atoms with Gasteiger partial charge in [0, 0.05) is 11.1 Å². The first-order valence-corrected chi connectivity index (χ1v) is 7.74. The fourth-order valence-corrected chi connectivity index (χ4v) is 2.04. The Balaban J connectivity index is 2.18. The van der Waals surface area contributed by atoms with Crippen LogP contribution < -0.4 is 9.47 Å². The van der Waals surface area contributed by atoms with E-state index < -0.39 is 11.9 Å². The second-order valence-electron chi connectivity index (χ2n) is 5.84. The molecule has 0 saturated heterocycles. The number of aryl methyl sites for hydroxylation is 1. The van der Waals surface area contributed by atoms with Crippen molar-refractivity contribution in [3.8, 4) is 22.6 Å². The number of benzene rings is 2. The first-order valence-electron chi connectivity index (χ1n) is 7.74. The molecule has 0 aromatic heterocycles. The van der Waals surface area contributed by atoms with Crippen molar-refractivity contribution < 1.29 is 19.1 Å². The Morgan fingerprint density at radius 3 is 1.84 bits per heavy atom. The lowest BCUT2D eigenvalue weighted by Gasteiger charge is -2.10. The maximum Gasteiger partial charge on any atom is 0.338 e. The van der Waals surface area contributed by atoms with Crippen LogP contribution in [0.2, 0.25) is 0 Å². The molecule has 0 radical (unpaired) electrons. The minimum absolute atomic E-state index is 0.347. The molecule has 2 aromatic rings. The van der Waals surface area contributed by atoms with Gasteiger partial charge in [0.15, 0.2) is 0 Å². The normalized spacial score (nSPS) is 10.0. The third kappa shape index (κ3) is 4.67. The first kappa shape index (κ1) is 18.2. The van der Waals surface area contributed by atoms with E-state index >= 15 is 0 Å². The van der Waals surface area contributed by atoms with E-state index in [9.17, 15) is 9.59 Å². The first-order chi connectivity index (χ1) is 11.8. The highest BCUT2D eigenvalue weighted by molar-refractivity contribution is 5.89. The summed E-state index contributed by atoms with van der Waals surface area (Å²) in [7, 11) is 0. The summed E-state index contributed by atoms with van der Waals surface area (Å²) < 4.78 is 10.4. The van der Waals surface area contributed by atoms with Crippen LogP contribution in [0.25, 0.3) is 11.1 Å². The van der Waals surface area contributed by atoms with Crippen LogP contribution in [0, 0.1) is 6.92 Å². The molecule has 0 heterocycles. The van der Waals surface area contributed by atoms with Gasteiger partial charge in [0.1, 0.15) is 11.5 Å². The van der Waals surface area contributed by atoms with Gasteiger partial charge in [-0.05, 0) is 61.7 Å². The van der Waals surface area contributed by atoms with E-state index in [-0.39, 0.29) is 0 Å². The van der Waals surface area contributed by atoms with Gasteiger partial charge in [0.2, 0.25) is 0 Å². The third-order valence-electron chi connectivity index (χ3n) is 3.47. The lowest BCUT2D eigenvalue weighted by atomic mass is 10.0. The van der Waals surface area contributed by atoms with Crippen LogP contribution in [0.1, 0.15) is 19.4 Å². The second-order valence-corrected chi connectivity index (χ2v) is 5.84. The van der Waals surface area contributed by atoms with E-state index in [1.807, 2.05) is 31.2 Å². The number of hydrogen-bond acceptors (Lipinski definition) is 4. The summed E-state index contributed by atoms with van der Waals surface area (Å²) in [6.45, 7) is 12.2. The molecule has 0 amide bonds. The fraction of sp³-hybridized carbons (Fsp3) is 0.143. The fourth-order valence-electron chi connectivity index (χ4n) is 2.04. The molecule has 0 bridgehead atoms. The molecule has 2 aromatic carbocycles. The molecule has 4 heteroatoms. The molecule has 25 heavy (non-hydrogen) atoms. The van der Waals surface area contributed by atoms with Crippen molar-refractivity contribution in [2.45, 2.75) is 20.8 Å². The highest BCUT2D eigenvalue weighted by atomic mass is 16.5. The van der Waals surface area contributed by atoms with Gasteiger partial charge in [-0.25, -0.2) is 9.59 Å². The van der Waals surface area contributed by atoms with Crippen molar-refractivity contribution in [3.63, 3.8) is 0 Å². The van der Waals surface area contributed by atoms with Gasteiger partial charge < -0.3 is 9.47 Å². The van der Waals surface area contributed by atoms with Crippen molar-refractivity contribution >= 4 is 11.9 Å². The van der Waals surface area contributed by atoms with Crippen molar-refractivity contribution in [2.75, 3.05) is 0 Å². The molecule has 0 N–H and O–H groups in total. The number of hydrogen-bond donors (Lipinski definition) is 0. The van der Waals surface area contributed by atoms with E-state index in [1.165, 1.54) is 0 Å². The van der Waals surface area contributed by atoms with Gasteiger partial charge in [0.05, 0.1) is 0 Å². The summed E-state index contributed by atoms with van der Waals surface area (Å²) in [5, 5.41) is 0. The molecular formula is C21H20O4. The van der Waals surface area contributed by atoms with Crippen LogP contribution in [0.4, 0.5) is 0 Å². The number of carbonyl (C=O) groups excluding carboxylic acids is 2. The van der Waals surface area contributed by atoms with E-state index in [0.29, 0.717) is 22.6 Å². The Labute approximate surface area is 147 Å². The van der Waals surface area contributed by atoms with Crippen molar-refractivity contribution in [3.05, 3.63) is 72.3 Å². The molecule has 2 rings (SSSR count). The lowest BCUT2D eigenvalue weighted by Crippen LogP contribution is -2.09. The Morgan fingerprint density at radius 1 is 0.800 bits per heavy atom. The Morgan fingerprint density at radius 2 is 1.32 bits per heavy atom. The van der Waals surface area contributed by atoms with Crippen LogP contribution in [0.5, 0.6) is 11.5 Å². The zero-order chi connectivity index (χ0) is 18.6. The van der Waals surface area contributed by atoms with E-state index in [4.69, 9.17) is 9.47 Å². The Bertz CT molecular complexity index is 845. The van der Waals surface area contributed by atoms with Crippen molar-refractivity contribution in [1.82, 2.24) is 0 Å². The molecule has 128 valence electrons. The molecule has 0 spiro atoms.